The standard InChI is InChI=1S/C13H18N2O/c1-10-6-11(2)15-13(7-10)14-8-12-4-3-5-16-9-12/h4,6-7H,3,5,8-9H2,1-2H3,(H,14,15). The first-order valence-electron chi connectivity index (χ1n) is 5.69. The summed E-state index contributed by atoms with van der Waals surface area (Å²) in [5.74, 6) is 0.948. The molecule has 1 N–H and O–H groups in total. The van der Waals surface area contributed by atoms with Crippen molar-refractivity contribution in [3.8, 4) is 0 Å². The third-order valence-corrected chi connectivity index (χ3v) is 2.58. The Morgan fingerprint density at radius 3 is 2.94 bits per heavy atom. The van der Waals surface area contributed by atoms with Gasteiger partial charge in [-0.2, -0.15) is 0 Å². The van der Waals surface area contributed by atoms with Gasteiger partial charge in [-0.05, 0) is 43.5 Å². The van der Waals surface area contributed by atoms with E-state index in [0.29, 0.717) is 0 Å². The molecule has 1 aliphatic rings. The summed E-state index contributed by atoms with van der Waals surface area (Å²) in [5, 5.41) is 3.34. The summed E-state index contributed by atoms with van der Waals surface area (Å²) in [4.78, 5) is 4.44. The molecule has 0 fully saturated rings. The number of rotatable bonds is 3. The van der Waals surface area contributed by atoms with Crippen molar-refractivity contribution in [2.75, 3.05) is 25.1 Å². The van der Waals surface area contributed by atoms with Crippen molar-refractivity contribution in [1.82, 2.24) is 4.98 Å². The minimum Gasteiger partial charge on any atom is -0.377 e. The Bertz CT molecular complexity index is 379. The molecule has 2 heterocycles. The number of hydrogen-bond acceptors (Lipinski definition) is 3. The van der Waals surface area contributed by atoms with E-state index in [1.165, 1.54) is 11.1 Å². The van der Waals surface area contributed by atoms with Crippen molar-refractivity contribution >= 4 is 5.82 Å². The van der Waals surface area contributed by atoms with Crippen LogP contribution in [0.1, 0.15) is 17.7 Å². The van der Waals surface area contributed by atoms with Crippen molar-refractivity contribution in [2.24, 2.45) is 0 Å². The first-order valence-corrected chi connectivity index (χ1v) is 5.69. The first kappa shape index (κ1) is 11.1. The van der Waals surface area contributed by atoms with Crippen molar-refractivity contribution in [3.05, 3.63) is 35.0 Å². The van der Waals surface area contributed by atoms with Crippen LogP contribution in [0.15, 0.2) is 23.8 Å². The fraction of sp³-hybridized carbons (Fsp3) is 0.462. The quantitative estimate of drug-likeness (QED) is 0.791. The molecule has 0 radical (unpaired) electrons. The average Bonchev–Trinajstić information content (AvgIpc) is 2.27. The third kappa shape index (κ3) is 3.07. The second kappa shape index (κ2) is 5.12. The maximum Gasteiger partial charge on any atom is 0.126 e. The van der Waals surface area contributed by atoms with Crippen LogP contribution < -0.4 is 5.32 Å². The number of pyridine rings is 1. The lowest BCUT2D eigenvalue weighted by Crippen LogP contribution is -2.14. The number of aromatic nitrogens is 1. The van der Waals surface area contributed by atoms with Gasteiger partial charge in [-0.3, -0.25) is 0 Å². The molecule has 0 saturated heterocycles. The molecular formula is C13H18N2O. The van der Waals surface area contributed by atoms with Gasteiger partial charge in [0.2, 0.25) is 0 Å². The van der Waals surface area contributed by atoms with E-state index in [-0.39, 0.29) is 0 Å². The summed E-state index contributed by atoms with van der Waals surface area (Å²) in [6.07, 6.45) is 3.27. The Morgan fingerprint density at radius 2 is 2.25 bits per heavy atom. The molecule has 0 spiro atoms. The van der Waals surface area contributed by atoms with Gasteiger partial charge in [0.15, 0.2) is 0 Å². The van der Waals surface area contributed by atoms with E-state index in [9.17, 15) is 0 Å². The SMILES string of the molecule is Cc1cc(C)nc(NCC2=CCCOC2)c1. The highest BCUT2D eigenvalue weighted by atomic mass is 16.5. The Hall–Kier alpha value is -1.35. The molecule has 16 heavy (non-hydrogen) atoms. The number of nitrogens with zero attached hydrogens (tertiary/aromatic N) is 1. The van der Waals surface area contributed by atoms with E-state index in [1.54, 1.807) is 0 Å². The molecule has 0 saturated carbocycles. The zero-order valence-corrected chi connectivity index (χ0v) is 9.92. The van der Waals surface area contributed by atoms with Crippen LogP contribution in [0.4, 0.5) is 5.82 Å². The Labute approximate surface area is 96.5 Å². The minimum absolute atomic E-state index is 0.748. The highest BCUT2D eigenvalue weighted by molar-refractivity contribution is 5.40. The summed E-state index contributed by atoms with van der Waals surface area (Å²) in [6, 6.07) is 4.14. The molecule has 1 aliphatic heterocycles. The molecule has 2 rings (SSSR count). The Kier molecular flexibility index (Phi) is 3.57. The maximum absolute atomic E-state index is 5.39. The maximum atomic E-state index is 5.39. The van der Waals surface area contributed by atoms with Gasteiger partial charge in [0.25, 0.3) is 0 Å². The Balaban J connectivity index is 1.96. The minimum atomic E-state index is 0.748. The second-order valence-electron chi connectivity index (χ2n) is 4.23. The molecular weight excluding hydrogens is 200 g/mol. The van der Waals surface area contributed by atoms with E-state index in [1.807, 2.05) is 6.92 Å². The van der Waals surface area contributed by atoms with E-state index in [0.717, 1.165) is 37.7 Å². The molecule has 0 unspecified atom stereocenters. The molecule has 3 heteroatoms. The van der Waals surface area contributed by atoms with Crippen molar-refractivity contribution in [3.63, 3.8) is 0 Å². The van der Waals surface area contributed by atoms with Gasteiger partial charge in [0, 0.05) is 12.2 Å². The van der Waals surface area contributed by atoms with Crippen molar-refractivity contribution in [1.29, 1.82) is 0 Å². The van der Waals surface area contributed by atoms with E-state index in [2.05, 4.69) is 35.4 Å². The molecule has 3 nitrogen and oxygen atoms in total. The van der Waals surface area contributed by atoms with Crippen LogP contribution in [-0.4, -0.2) is 24.7 Å². The zero-order chi connectivity index (χ0) is 11.4. The summed E-state index contributed by atoms with van der Waals surface area (Å²) < 4.78 is 5.39. The fourth-order valence-corrected chi connectivity index (χ4v) is 1.87. The normalized spacial score (nSPS) is 15.8. The van der Waals surface area contributed by atoms with Crippen molar-refractivity contribution in [2.45, 2.75) is 20.3 Å². The van der Waals surface area contributed by atoms with Crippen LogP contribution >= 0.6 is 0 Å². The largest absolute Gasteiger partial charge is 0.377 e. The zero-order valence-electron chi connectivity index (χ0n) is 9.92. The average molecular weight is 218 g/mol. The lowest BCUT2D eigenvalue weighted by Gasteiger charge is -2.15. The summed E-state index contributed by atoms with van der Waals surface area (Å²) in [5.41, 5.74) is 3.60. The third-order valence-electron chi connectivity index (χ3n) is 2.58. The van der Waals surface area contributed by atoms with Crippen LogP contribution in [0.2, 0.25) is 0 Å². The lowest BCUT2D eigenvalue weighted by molar-refractivity contribution is 0.150. The molecule has 0 amide bonds. The fourth-order valence-electron chi connectivity index (χ4n) is 1.87. The molecule has 86 valence electrons. The van der Waals surface area contributed by atoms with E-state index in [4.69, 9.17) is 4.74 Å². The van der Waals surface area contributed by atoms with Crippen LogP contribution in [0.3, 0.4) is 0 Å². The van der Waals surface area contributed by atoms with Gasteiger partial charge in [0.1, 0.15) is 5.82 Å². The van der Waals surface area contributed by atoms with Gasteiger partial charge in [-0.15, -0.1) is 0 Å². The molecule has 0 atom stereocenters. The van der Waals surface area contributed by atoms with E-state index >= 15 is 0 Å². The predicted molar refractivity (Wildman–Crippen MR) is 65.7 cm³/mol. The molecule has 1 aromatic heterocycles. The van der Waals surface area contributed by atoms with Gasteiger partial charge in [0.05, 0.1) is 13.2 Å². The number of nitrogens with one attached hydrogen (secondary N) is 1. The first-order chi connectivity index (χ1) is 7.74. The Morgan fingerprint density at radius 1 is 1.38 bits per heavy atom. The smallest absolute Gasteiger partial charge is 0.126 e. The number of aryl methyl sites for hydroxylation is 2. The monoisotopic (exact) mass is 218 g/mol. The number of ether oxygens (including phenoxy) is 1. The summed E-state index contributed by atoms with van der Waals surface area (Å²) in [6.45, 7) is 6.53. The topological polar surface area (TPSA) is 34.2 Å². The van der Waals surface area contributed by atoms with Crippen LogP contribution in [0.5, 0.6) is 0 Å². The molecule has 0 bridgehead atoms. The van der Waals surface area contributed by atoms with Gasteiger partial charge in [-0.1, -0.05) is 6.08 Å². The number of anilines is 1. The highest BCUT2D eigenvalue weighted by Crippen LogP contribution is 2.11. The predicted octanol–water partition coefficient (Wildman–Crippen LogP) is 2.46. The molecule has 1 aromatic rings. The van der Waals surface area contributed by atoms with Gasteiger partial charge >= 0.3 is 0 Å². The number of hydrogen-bond donors (Lipinski definition) is 1. The molecule has 0 aromatic carbocycles. The highest BCUT2D eigenvalue weighted by Gasteiger charge is 2.04. The summed E-state index contributed by atoms with van der Waals surface area (Å²) in [7, 11) is 0. The van der Waals surface area contributed by atoms with Crippen molar-refractivity contribution < 1.29 is 4.74 Å². The van der Waals surface area contributed by atoms with Gasteiger partial charge < -0.3 is 10.1 Å². The second-order valence-corrected chi connectivity index (χ2v) is 4.23. The lowest BCUT2D eigenvalue weighted by atomic mass is 10.2. The van der Waals surface area contributed by atoms with Crippen LogP contribution in [-0.2, 0) is 4.74 Å². The molecule has 0 aliphatic carbocycles. The van der Waals surface area contributed by atoms with Crippen LogP contribution in [0.25, 0.3) is 0 Å². The summed E-state index contributed by atoms with van der Waals surface area (Å²) >= 11 is 0. The van der Waals surface area contributed by atoms with Gasteiger partial charge in [-0.25, -0.2) is 4.98 Å². The van der Waals surface area contributed by atoms with Crippen LogP contribution in [0, 0.1) is 13.8 Å². The van der Waals surface area contributed by atoms with E-state index < -0.39 is 0 Å².